The summed E-state index contributed by atoms with van der Waals surface area (Å²) in [5, 5.41) is 3.11. The molecule has 0 fully saturated rings. The smallest absolute Gasteiger partial charge is 0.257 e. The lowest BCUT2D eigenvalue weighted by Crippen LogP contribution is -2.40. The number of nitrogens with one attached hydrogen (secondary N) is 3. The van der Waals surface area contributed by atoms with Gasteiger partial charge in [0.05, 0.1) is 6.54 Å². The van der Waals surface area contributed by atoms with E-state index in [1.54, 1.807) is 0 Å². The summed E-state index contributed by atoms with van der Waals surface area (Å²) in [5.41, 5.74) is 8.85. The van der Waals surface area contributed by atoms with Gasteiger partial charge in [0.1, 0.15) is 0 Å². The second-order valence-corrected chi connectivity index (χ2v) is 6.78. The quantitative estimate of drug-likeness (QED) is 0.635. The zero-order chi connectivity index (χ0) is 15.2. The molecule has 114 valence electrons. The number of hydrazine groups is 1. The molecule has 1 aliphatic rings. The predicted octanol–water partition coefficient (Wildman–Crippen LogP) is 4.01. The first-order valence-electron chi connectivity index (χ1n) is 6.99. The Morgan fingerprint density at radius 2 is 1.95 bits per heavy atom. The van der Waals surface area contributed by atoms with Crippen molar-refractivity contribution < 1.29 is 4.79 Å². The molecule has 3 N–H and O–H groups in total. The summed E-state index contributed by atoms with van der Waals surface area (Å²) in [7, 11) is 0. The number of hydrogen-bond acceptors (Lipinski definition) is 3. The first-order chi connectivity index (χ1) is 10.1. The molecule has 1 amide bonds. The van der Waals surface area contributed by atoms with Crippen molar-refractivity contribution in [3.63, 3.8) is 0 Å². The number of benzene rings is 1. The Hall–Kier alpha value is -1.01. The van der Waals surface area contributed by atoms with Crippen molar-refractivity contribution in [1.29, 1.82) is 0 Å². The highest BCUT2D eigenvalue weighted by atomic mass is 79.9. The van der Waals surface area contributed by atoms with Gasteiger partial charge < -0.3 is 10.7 Å². The molecule has 0 atom stereocenters. The maximum absolute atomic E-state index is 11.8. The lowest BCUT2D eigenvalue weighted by Gasteiger charge is -2.16. The van der Waals surface area contributed by atoms with Gasteiger partial charge in [-0.25, -0.2) is 0 Å². The van der Waals surface area contributed by atoms with Crippen LogP contribution in [0.15, 0.2) is 32.9 Å². The average molecular weight is 417 g/mol. The van der Waals surface area contributed by atoms with Gasteiger partial charge in [0.15, 0.2) is 0 Å². The molecule has 0 bridgehead atoms. The van der Waals surface area contributed by atoms with Crippen molar-refractivity contribution >= 4 is 43.5 Å². The molecular weight excluding hydrogens is 398 g/mol. The van der Waals surface area contributed by atoms with Crippen molar-refractivity contribution in [1.82, 2.24) is 10.9 Å². The molecule has 0 saturated carbocycles. The summed E-state index contributed by atoms with van der Waals surface area (Å²) in [5.74, 6) is -0.0886. The van der Waals surface area contributed by atoms with Gasteiger partial charge >= 0.3 is 0 Å². The van der Waals surface area contributed by atoms with Crippen LogP contribution in [0.2, 0.25) is 0 Å². The fourth-order valence-electron chi connectivity index (χ4n) is 2.08. The lowest BCUT2D eigenvalue weighted by atomic mass is 10.1. The highest BCUT2D eigenvalue weighted by Gasteiger charge is 2.07. The minimum atomic E-state index is -0.0886. The Morgan fingerprint density at radius 1 is 1.24 bits per heavy atom. The summed E-state index contributed by atoms with van der Waals surface area (Å²) in [6.45, 7) is 2.24. The third kappa shape index (κ3) is 5.04. The second kappa shape index (κ2) is 7.84. The van der Waals surface area contributed by atoms with E-state index in [4.69, 9.17) is 0 Å². The molecule has 1 aromatic carbocycles. The van der Waals surface area contributed by atoms with Crippen LogP contribution in [0.1, 0.15) is 31.2 Å². The zero-order valence-electron chi connectivity index (χ0n) is 11.9. The SMILES string of the molecule is Cc1c(Br)cc(NCC(=O)NNC2=CCCCC2)cc1Br. The van der Waals surface area contributed by atoms with Crippen LogP contribution in [-0.2, 0) is 4.79 Å². The molecule has 0 spiro atoms. The fourth-order valence-corrected chi connectivity index (χ4v) is 3.26. The number of hydrogen-bond donors (Lipinski definition) is 3. The van der Waals surface area contributed by atoms with Gasteiger partial charge in [0.2, 0.25) is 0 Å². The first-order valence-corrected chi connectivity index (χ1v) is 8.58. The van der Waals surface area contributed by atoms with Crippen LogP contribution in [0.4, 0.5) is 5.69 Å². The van der Waals surface area contributed by atoms with Crippen molar-refractivity contribution in [2.24, 2.45) is 0 Å². The third-order valence-electron chi connectivity index (χ3n) is 3.39. The summed E-state index contributed by atoms with van der Waals surface area (Å²) < 4.78 is 2.01. The molecule has 2 rings (SSSR count). The molecule has 1 aromatic rings. The van der Waals surface area contributed by atoms with Crippen LogP contribution >= 0.6 is 31.9 Å². The molecule has 0 heterocycles. The monoisotopic (exact) mass is 415 g/mol. The van der Waals surface area contributed by atoms with Gasteiger partial charge in [-0.1, -0.05) is 37.9 Å². The van der Waals surface area contributed by atoms with E-state index < -0.39 is 0 Å². The topological polar surface area (TPSA) is 53.2 Å². The molecule has 1 aliphatic carbocycles. The van der Waals surface area contributed by atoms with Crippen LogP contribution in [0, 0.1) is 6.92 Å². The largest absolute Gasteiger partial charge is 0.376 e. The first kappa shape index (κ1) is 16.4. The van der Waals surface area contributed by atoms with E-state index in [0.29, 0.717) is 0 Å². The highest BCUT2D eigenvalue weighted by molar-refractivity contribution is 9.11. The van der Waals surface area contributed by atoms with Crippen LogP contribution in [-0.4, -0.2) is 12.5 Å². The highest BCUT2D eigenvalue weighted by Crippen LogP contribution is 2.28. The van der Waals surface area contributed by atoms with E-state index in [1.807, 2.05) is 19.1 Å². The molecule has 0 saturated heterocycles. The van der Waals surface area contributed by atoms with Gasteiger partial charge in [-0.15, -0.1) is 0 Å². The Morgan fingerprint density at radius 3 is 2.57 bits per heavy atom. The fraction of sp³-hybridized carbons (Fsp3) is 0.400. The second-order valence-electron chi connectivity index (χ2n) is 5.07. The Balaban J connectivity index is 1.80. The lowest BCUT2D eigenvalue weighted by molar-refractivity contribution is -0.120. The van der Waals surface area contributed by atoms with Crippen LogP contribution in [0.3, 0.4) is 0 Å². The van der Waals surface area contributed by atoms with E-state index in [2.05, 4.69) is 54.1 Å². The number of carbonyl (C=O) groups excluding carboxylic acids is 1. The van der Waals surface area contributed by atoms with Crippen LogP contribution in [0.25, 0.3) is 0 Å². The van der Waals surface area contributed by atoms with Gasteiger partial charge in [-0.05, 0) is 50.3 Å². The van der Waals surface area contributed by atoms with Gasteiger partial charge in [0, 0.05) is 20.3 Å². The number of halogens is 2. The molecule has 0 radical (unpaired) electrons. The number of amides is 1. The molecule has 0 aliphatic heterocycles. The number of rotatable bonds is 5. The predicted molar refractivity (Wildman–Crippen MR) is 92.9 cm³/mol. The standard InChI is InChI=1S/C15H19Br2N3O/c1-10-13(16)7-12(8-14(10)17)18-9-15(21)20-19-11-5-3-2-4-6-11/h5,7-8,18-19H,2-4,6,9H2,1H3,(H,20,21). The number of carbonyl (C=O) groups is 1. The maximum atomic E-state index is 11.8. The Kier molecular flexibility index (Phi) is 6.11. The van der Waals surface area contributed by atoms with Crippen molar-refractivity contribution in [2.45, 2.75) is 32.6 Å². The van der Waals surface area contributed by atoms with E-state index in [1.165, 1.54) is 12.8 Å². The maximum Gasteiger partial charge on any atom is 0.257 e. The summed E-state index contributed by atoms with van der Waals surface area (Å²) >= 11 is 6.99. The van der Waals surface area contributed by atoms with E-state index in [0.717, 1.165) is 38.7 Å². The summed E-state index contributed by atoms with van der Waals surface area (Å²) in [4.78, 5) is 11.8. The minimum absolute atomic E-state index is 0.0886. The molecule has 0 unspecified atom stereocenters. The molecular formula is C15H19Br2N3O. The van der Waals surface area contributed by atoms with E-state index >= 15 is 0 Å². The van der Waals surface area contributed by atoms with E-state index in [-0.39, 0.29) is 12.5 Å². The zero-order valence-corrected chi connectivity index (χ0v) is 15.1. The Labute approximate surface area is 142 Å². The van der Waals surface area contributed by atoms with Gasteiger partial charge in [0.25, 0.3) is 5.91 Å². The molecule has 0 aromatic heterocycles. The van der Waals surface area contributed by atoms with Crippen molar-refractivity contribution in [2.75, 3.05) is 11.9 Å². The van der Waals surface area contributed by atoms with Crippen LogP contribution < -0.4 is 16.2 Å². The normalized spacial score (nSPS) is 14.3. The van der Waals surface area contributed by atoms with Crippen molar-refractivity contribution in [3.05, 3.63) is 38.4 Å². The van der Waals surface area contributed by atoms with E-state index in [9.17, 15) is 4.79 Å². The average Bonchev–Trinajstić information content (AvgIpc) is 2.49. The van der Waals surface area contributed by atoms with Gasteiger partial charge in [-0.2, -0.15) is 0 Å². The molecule has 4 nitrogen and oxygen atoms in total. The number of anilines is 1. The van der Waals surface area contributed by atoms with Crippen LogP contribution in [0.5, 0.6) is 0 Å². The van der Waals surface area contributed by atoms with Gasteiger partial charge in [-0.3, -0.25) is 10.2 Å². The molecule has 6 heteroatoms. The summed E-state index contributed by atoms with van der Waals surface area (Å²) in [6.07, 6.45) is 6.65. The number of allylic oxidation sites excluding steroid dienone is 2. The minimum Gasteiger partial charge on any atom is -0.376 e. The molecule has 21 heavy (non-hydrogen) atoms. The third-order valence-corrected chi connectivity index (χ3v) is 5.03. The Bertz CT molecular complexity index is 535. The van der Waals surface area contributed by atoms with Crippen molar-refractivity contribution in [3.8, 4) is 0 Å². The summed E-state index contributed by atoms with van der Waals surface area (Å²) in [6, 6.07) is 3.93.